The first-order chi connectivity index (χ1) is 14.2. The van der Waals surface area contributed by atoms with Crippen LogP contribution in [-0.4, -0.2) is 22.0 Å². The zero-order valence-electron chi connectivity index (χ0n) is 16.5. The molecule has 0 bridgehead atoms. The van der Waals surface area contributed by atoms with Crippen molar-refractivity contribution in [2.24, 2.45) is 0 Å². The van der Waals surface area contributed by atoms with Crippen LogP contribution in [0, 0.1) is 6.92 Å². The molecule has 0 radical (unpaired) electrons. The Morgan fingerprint density at radius 2 is 1.93 bits per heavy atom. The van der Waals surface area contributed by atoms with Crippen LogP contribution in [0.4, 0.5) is 0 Å². The number of pyridine rings is 2. The lowest BCUT2D eigenvalue weighted by atomic mass is 10.0. The zero-order valence-corrected chi connectivity index (χ0v) is 16.5. The minimum absolute atomic E-state index is 0.00909. The summed E-state index contributed by atoms with van der Waals surface area (Å²) in [7, 11) is 1.62. The lowest BCUT2D eigenvalue weighted by Gasteiger charge is -2.32. The maximum atomic E-state index is 6.16. The molecule has 1 aliphatic heterocycles. The Morgan fingerprint density at radius 3 is 2.66 bits per heavy atom. The highest BCUT2D eigenvalue weighted by molar-refractivity contribution is 5.37. The Morgan fingerprint density at radius 1 is 1.03 bits per heavy atom. The Bertz CT molecular complexity index is 1010. The van der Waals surface area contributed by atoms with Crippen molar-refractivity contribution in [3.63, 3.8) is 0 Å². The van der Waals surface area contributed by atoms with Crippen molar-refractivity contribution >= 4 is 0 Å². The smallest absolute Gasteiger partial charge is 0.212 e. The van der Waals surface area contributed by atoms with Crippen molar-refractivity contribution in [2.75, 3.05) is 7.11 Å². The number of para-hydroxylation sites is 1. The molecular weight excluding hydrogens is 362 g/mol. The van der Waals surface area contributed by atoms with Crippen molar-refractivity contribution in [3.8, 4) is 11.6 Å². The minimum Gasteiger partial charge on any atom is -0.481 e. The molecule has 5 heteroatoms. The van der Waals surface area contributed by atoms with Crippen LogP contribution in [0.1, 0.15) is 22.7 Å². The monoisotopic (exact) mass is 385 g/mol. The fourth-order valence-corrected chi connectivity index (χ4v) is 3.26. The summed E-state index contributed by atoms with van der Waals surface area (Å²) in [6.07, 6.45) is 11.7. The van der Waals surface area contributed by atoms with E-state index in [1.54, 1.807) is 13.3 Å². The van der Waals surface area contributed by atoms with E-state index in [0.717, 1.165) is 28.2 Å². The second-order valence-corrected chi connectivity index (χ2v) is 6.86. The molecule has 0 saturated heterocycles. The molecule has 1 unspecified atom stereocenters. The van der Waals surface area contributed by atoms with Crippen molar-refractivity contribution in [1.29, 1.82) is 0 Å². The van der Waals surface area contributed by atoms with Gasteiger partial charge in [-0.2, -0.15) is 0 Å². The molecule has 0 aliphatic carbocycles. The van der Waals surface area contributed by atoms with E-state index in [1.807, 2.05) is 67.9 Å². The van der Waals surface area contributed by atoms with E-state index in [2.05, 4.69) is 33.2 Å². The highest BCUT2D eigenvalue weighted by Gasteiger charge is 2.21. The van der Waals surface area contributed by atoms with Gasteiger partial charge in [-0.05, 0) is 47.9 Å². The third kappa shape index (κ3) is 4.46. The predicted octanol–water partition coefficient (Wildman–Crippen LogP) is 4.83. The zero-order chi connectivity index (χ0) is 20.1. The average molecular weight is 385 g/mol. The molecule has 4 rings (SSSR count). The third-order valence-corrected chi connectivity index (χ3v) is 4.83. The van der Waals surface area contributed by atoms with Gasteiger partial charge in [0, 0.05) is 37.4 Å². The number of hydrogen-bond donors (Lipinski definition) is 0. The molecule has 0 amide bonds. The maximum Gasteiger partial charge on any atom is 0.212 e. The Labute approximate surface area is 171 Å². The van der Waals surface area contributed by atoms with Crippen LogP contribution in [0.2, 0.25) is 0 Å². The molecule has 0 saturated carbocycles. The number of methoxy groups -OCH3 is 1. The normalized spacial score (nSPS) is 15.7. The molecule has 2 aromatic heterocycles. The molecule has 0 N–H and O–H groups in total. The van der Waals surface area contributed by atoms with Crippen LogP contribution < -0.4 is 9.47 Å². The Hall–Kier alpha value is -3.60. The van der Waals surface area contributed by atoms with E-state index < -0.39 is 0 Å². The van der Waals surface area contributed by atoms with Gasteiger partial charge >= 0.3 is 0 Å². The molecule has 146 valence electrons. The van der Waals surface area contributed by atoms with Gasteiger partial charge in [0.15, 0.2) is 0 Å². The highest BCUT2D eigenvalue weighted by Crippen LogP contribution is 2.31. The third-order valence-electron chi connectivity index (χ3n) is 4.83. The molecule has 0 fully saturated rings. The molecule has 1 aliphatic rings. The number of aryl methyl sites for hydroxylation is 1. The van der Waals surface area contributed by atoms with Gasteiger partial charge in [0.2, 0.25) is 5.88 Å². The molecular formula is C24H23N3O2. The van der Waals surface area contributed by atoms with E-state index in [9.17, 15) is 0 Å². The predicted molar refractivity (Wildman–Crippen MR) is 112 cm³/mol. The van der Waals surface area contributed by atoms with E-state index in [1.165, 1.54) is 0 Å². The van der Waals surface area contributed by atoms with Gasteiger partial charge in [-0.1, -0.05) is 30.3 Å². The number of allylic oxidation sites excluding steroid dienone is 1. The summed E-state index contributed by atoms with van der Waals surface area (Å²) in [6, 6.07) is 16.0. The molecule has 3 heterocycles. The SMILES string of the molecule is COc1ccc(CN2C=CC(Oc3ccccc3C)=CC2c2cccnc2)cn1. The molecule has 0 spiro atoms. The van der Waals surface area contributed by atoms with Gasteiger partial charge in [0.25, 0.3) is 0 Å². The quantitative estimate of drug-likeness (QED) is 0.608. The number of rotatable bonds is 6. The summed E-state index contributed by atoms with van der Waals surface area (Å²) in [5.74, 6) is 2.29. The summed E-state index contributed by atoms with van der Waals surface area (Å²) in [4.78, 5) is 10.9. The van der Waals surface area contributed by atoms with Crippen LogP contribution >= 0.6 is 0 Å². The van der Waals surface area contributed by atoms with Gasteiger partial charge in [-0.25, -0.2) is 4.98 Å². The average Bonchev–Trinajstić information content (AvgIpc) is 2.77. The van der Waals surface area contributed by atoms with E-state index in [0.29, 0.717) is 12.4 Å². The van der Waals surface area contributed by atoms with Gasteiger partial charge in [0.1, 0.15) is 11.5 Å². The number of benzene rings is 1. The van der Waals surface area contributed by atoms with Gasteiger partial charge in [-0.15, -0.1) is 0 Å². The lowest BCUT2D eigenvalue weighted by Crippen LogP contribution is -2.25. The lowest BCUT2D eigenvalue weighted by molar-refractivity contribution is 0.296. The van der Waals surface area contributed by atoms with Crippen molar-refractivity contribution < 1.29 is 9.47 Å². The number of hydrogen-bond acceptors (Lipinski definition) is 5. The Kier molecular flexibility index (Phi) is 5.56. The summed E-state index contributed by atoms with van der Waals surface area (Å²) in [6.45, 7) is 2.76. The first-order valence-electron chi connectivity index (χ1n) is 9.51. The summed E-state index contributed by atoms with van der Waals surface area (Å²) in [5.41, 5.74) is 3.30. The van der Waals surface area contributed by atoms with E-state index in [4.69, 9.17) is 9.47 Å². The second kappa shape index (κ2) is 8.61. The first-order valence-corrected chi connectivity index (χ1v) is 9.51. The maximum absolute atomic E-state index is 6.16. The number of aromatic nitrogens is 2. The molecule has 3 aromatic rings. The van der Waals surface area contributed by atoms with Crippen LogP contribution in [-0.2, 0) is 6.54 Å². The standard InChI is InChI=1S/C24H23N3O2/c1-18-6-3-4-8-23(18)29-21-11-13-27(17-19-9-10-24(28-2)26-15-19)22(14-21)20-7-5-12-25-16-20/h3-16,22H,17H2,1-2H3. The summed E-state index contributed by atoms with van der Waals surface area (Å²) in [5, 5.41) is 0. The van der Waals surface area contributed by atoms with Crippen molar-refractivity contribution in [1.82, 2.24) is 14.9 Å². The molecule has 5 nitrogen and oxygen atoms in total. The highest BCUT2D eigenvalue weighted by atomic mass is 16.5. The number of nitrogens with zero attached hydrogens (tertiary/aromatic N) is 3. The van der Waals surface area contributed by atoms with Gasteiger partial charge < -0.3 is 14.4 Å². The number of ether oxygens (including phenoxy) is 2. The second-order valence-electron chi connectivity index (χ2n) is 6.86. The van der Waals surface area contributed by atoms with Gasteiger partial charge in [0.05, 0.1) is 13.2 Å². The molecule has 1 aromatic carbocycles. The largest absolute Gasteiger partial charge is 0.481 e. The molecule has 29 heavy (non-hydrogen) atoms. The van der Waals surface area contributed by atoms with Crippen LogP contribution in [0.15, 0.2) is 91.2 Å². The first kappa shape index (κ1) is 18.7. The minimum atomic E-state index is 0.00909. The summed E-state index contributed by atoms with van der Waals surface area (Å²) < 4.78 is 11.3. The summed E-state index contributed by atoms with van der Waals surface area (Å²) >= 11 is 0. The van der Waals surface area contributed by atoms with Crippen molar-refractivity contribution in [3.05, 3.63) is 108 Å². The van der Waals surface area contributed by atoms with E-state index >= 15 is 0 Å². The fraction of sp³-hybridized carbons (Fsp3) is 0.167. The van der Waals surface area contributed by atoms with Crippen molar-refractivity contribution in [2.45, 2.75) is 19.5 Å². The van der Waals surface area contributed by atoms with Crippen LogP contribution in [0.5, 0.6) is 11.6 Å². The van der Waals surface area contributed by atoms with E-state index in [-0.39, 0.29) is 6.04 Å². The topological polar surface area (TPSA) is 47.5 Å². The Balaban J connectivity index is 1.59. The van der Waals surface area contributed by atoms with Crippen LogP contribution in [0.3, 0.4) is 0 Å². The van der Waals surface area contributed by atoms with Gasteiger partial charge in [-0.3, -0.25) is 4.98 Å². The van der Waals surface area contributed by atoms with Crippen LogP contribution in [0.25, 0.3) is 0 Å². The fourth-order valence-electron chi connectivity index (χ4n) is 3.26. The molecule has 1 atom stereocenters.